The number of carbonyl (C=O) groups is 1. The van der Waals surface area contributed by atoms with E-state index < -0.39 is 5.97 Å². The van der Waals surface area contributed by atoms with E-state index in [9.17, 15) is 4.79 Å². The first-order valence-electron chi connectivity index (χ1n) is 5.71. The number of hydrogen-bond donors (Lipinski definition) is 1. The van der Waals surface area contributed by atoms with Gasteiger partial charge in [-0.3, -0.25) is 9.69 Å². The van der Waals surface area contributed by atoms with Gasteiger partial charge in [0, 0.05) is 11.4 Å². The van der Waals surface area contributed by atoms with Crippen molar-refractivity contribution in [1.82, 2.24) is 4.90 Å². The molecule has 0 amide bonds. The lowest BCUT2D eigenvalue weighted by molar-refractivity contribution is -0.138. The lowest BCUT2D eigenvalue weighted by Gasteiger charge is -2.18. The summed E-state index contributed by atoms with van der Waals surface area (Å²) < 4.78 is 10.5. The van der Waals surface area contributed by atoms with Crippen LogP contribution in [0.15, 0.2) is 17.0 Å². The molecule has 1 rings (SSSR count). The molecule has 1 aromatic carbocycles. The quantitative estimate of drug-likeness (QED) is 0.773. The van der Waals surface area contributed by atoms with E-state index in [-0.39, 0.29) is 6.54 Å². The molecule has 0 fully saturated rings. The molecule has 1 aromatic rings. The van der Waals surface area contributed by atoms with Gasteiger partial charge in [0.15, 0.2) is 11.5 Å². The average molecular weight is 285 g/mol. The molecular weight excluding hydrogens is 266 g/mol. The zero-order chi connectivity index (χ0) is 14.4. The van der Waals surface area contributed by atoms with Gasteiger partial charge in [-0.2, -0.15) is 0 Å². The van der Waals surface area contributed by atoms with Crippen molar-refractivity contribution in [2.24, 2.45) is 0 Å². The Morgan fingerprint density at radius 3 is 2.37 bits per heavy atom. The number of carboxylic acids is 1. The van der Waals surface area contributed by atoms with E-state index in [0.29, 0.717) is 18.0 Å². The summed E-state index contributed by atoms with van der Waals surface area (Å²) in [4.78, 5) is 13.5. The zero-order valence-electron chi connectivity index (χ0n) is 11.6. The Bertz CT molecular complexity index is 451. The van der Waals surface area contributed by atoms with Crippen molar-refractivity contribution in [2.45, 2.75) is 11.4 Å². The van der Waals surface area contributed by atoms with Crippen LogP contribution in [0.3, 0.4) is 0 Å². The average Bonchev–Trinajstić information content (AvgIpc) is 2.37. The lowest BCUT2D eigenvalue weighted by atomic mass is 10.2. The van der Waals surface area contributed by atoms with Crippen LogP contribution in [-0.2, 0) is 11.3 Å². The van der Waals surface area contributed by atoms with Crippen LogP contribution in [0.5, 0.6) is 11.5 Å². The normalized spacial score (nSPS) is 10.6. The SMILES string of the molecule is COc1cc(CN(C)CC(=O)O)c(SC)cc1OC. The van der Waals surface area contributed by atoms with E-state index in [4.69, 9.17) is 14.6 Å². The highest BCUT2D eigenvalue weighted by Crippen LogP contribution is 2.34. The van der Waals surface area contributed by atoms with Crippen molar-refractivity contribution < 1.29 is 19.4 Å². The maximum Gasteiger partial charge on any atom is 0.317 e. The number of ether oxygens (including phenoxy) is 2. The number of carboxylic acid groups (broad SMARTS) is 1. The second-order valence-corrected chi connectivity index (χ2v) is 4.93. The van der Waals surface area contributed by atoms with Crippen LogP contribution in [0.2, 0.25) is 0 Å². The fraction of sp³-hybridized carbons (Fsp3) is 0.462. The van der Waals surface area contributed by atoms with E-state index in [0.717, 1.165) is 10.5 Å². The van der Waals surface area contributed by atoms with Crippen LogP contribution >= 0.6 is 11.8 Å². The molecule has 0 saturated carbocycles. The summed E-state index contributed by atoms with van der Waals surface area (Å²) in [6.07, 6.45) is 1.97. The fourth-order valence-corrected chi connectivity index (χ4v) is 2.40. The summed E-state index contributed by atoms with van der Waals surface area (Å²) >= 11 is 1.60. The Labute approximate surface area is 117 Å². The summed E-state index contributed by atoms with van der Waals surface area (Å²) in [5.74, 6) is 0.490. The van der Waals surface area contributed by atoms with Crippen molar-refractivity contribution in [3.63, 3.8) is 0 Å². The monoisotopic (exact) mass is 285 g/mol. The number of benzene rings is 1. The molecule has 0 spiro atoms. The second kappa shape index (κ2) is 7.25. The van der Waals surface area contributed by atoms with E-state index in [1.807, 2.05) is 18.4 Å². The Kier molecular flexibility index (Phi) is 5.98. The minimum absolute atomic E-state index is 0.00215. The molecule has 6 heteroatoms. The van der Waals surface area contributed by atoms with Gasteiger partial charge in [0.2, 0.25) is 0 Å². The summed E-state index contributed by atoms with van der Waals surface area (Å²) in [6, 6.07) is 3.80. The van der Waals surface area contributed by atoms with Gasteiger partial charge in [0.1, 0.15) is 0 Å². The number of hydrogen-bond acceptors (Lipinski definition) is 5. The predicted molar refractivity (Wildman–Crippen MR) is 75.3 cm³/mol. The Morgan fingerprint density at radius 2 is 1.89 bits per heavy atom. The number of aliphatic carboxylic acids is 1. The Balaban J connectivity index is 3.01. The highest BCUT2D eigenvalue weighted by molar-refractivity contribution is 7.98. The fourth-order valence-electron chi connectivity index (χ4n) is 1.79. The molecule has 0 aliphatic rings. The Hall–Kier alpha value is -1.40. The largest absolute Gasteiger partial charge is 0.493 e. The third kappa shape index (κ3) is 4.33. The molecular formula is C13H19NO4S. The molecule has 0 saturated heterocycles. The molecule has 0 bridgehead atoms. The maximum atomic E-state index is 10.7. The first-order valence-corrected chi connectivity index (χ1v) is 6.93. The number of rotatable bonds is 7. The number of methoxy groups -OCH3 is 2. The van der Waals surface area contributed by atoms with Gasteiger partial charge in [0.25, 0.3) is 0 Å². The van der Waals surface area contributed by atoms with Crippen LogP contribution in [0.4, 0.5) is 0 Å². The summed E-state index contributed by atoms with van der Waals surface area (Å²) in [6.45, 7) is 0.547. The van der Waals surface area contributed by atoms with Crippen LogP contribution in [0, 0.1) is 0 Å². The van der Waals surface area contributed by atoms with E-state index >= 15 is 0 Å². The minimum atomic E-state index is -0.839. The van der Waals surface area contributed by atoms with Crippen molar-refractivity contribution in [3.8, 4) is 11.5 Å². The molecule has 0 aliphatic heterocycles. The third-order valence-corrected chi connectivity index (χ3v) is 3.45. The van der Waals surface area contributed by atoms with Crippen LogP contribution in [0.25, 0.3) is 0 Å². The van der Waals surface area contributed by atoms with Crippen molar-refractivity contribution in [3.05, 3.63) is 17.7 Å². The highest BCUT2D eigenvalue weighted by Gasteiger charge is 2.13. The summed E-state index contributed by atoms with van der Waals surface area (Å²) in [5, 5.41) is 8.78. The first kappa shape index (κ1) is 15.7. The minimum Gasteiger partial charge on any atom is -0.493 e. The third-order valence-electron chi connectivity index (χ3n) is 2.63. The maximum absolute atomic E-state index is 10.7. The van der Waals surface area contributed by atoms with Gasteiger partial charge in [-0.05, 0) is 31.0 Å². The second-order valence-electron chi connectivity index (χ2n) is 4.09. The van der Waals surface area contributed by atoms with Gasteiger partial charge in [0.05, 0.1) is 20.8 Å². The van der Waals surface area contributed by atoms with Gasteiger partial charge in [-0.1, -0.05) is 0 Å². The first-order chi connectivity index (χ1) is 9.01. The van der Waals surface area contributed by atoms with Gasteiger partial charge >= 0.3 is 5.97 Å². The smallest absolute Gasteiger partial charge is 0.317 e. The standard InChI is InChI=1S/C13H19NO4S/c1-14(8-13(15)16)7-9-5-10(17-2)11(18-3)6-12(9)19-4/h5-6H,7-8H2,1-4H3,(H,15,16). The lowest BCUT2D eigenvalue weighted by Crippen LogP contribution is -2.25. The van der Waals surface area contributed by atoms with E-state index in [1.54, 1.807) is 37.9 Å². The van der Waals surface area contributed by atoms with Crippen molar-refractivity contribution >= 4 is 17.7 Å². The van der Waals surface area contributed by atoms with Crippen LogP contribution < -0.4 is 9.47 Å². The summed E-state index contributed by atoms with van der Waals surface area (Å²) in [7, 11) is 4.95. The molecule has 0 radical (unpaired) electrons. The number of thioether (sulfide) groups is 1. The van der Waals surface area contributed by atoms with Crippen LogP contribution in [-0.4, -0.2) is 50.0 Å². The Morgan fingerprint density at radius 1 is 1.32 bits per heavy atom. The van der Waals surface area contributed by atoms with Gasteiger partial charge < -0.3 is 14.6 Å². The van der Waals surface area contributed by atoms with Gasteiger partial charge in [-0.25, -0.2) is 0 Å². The molecule has 106 valence electrons. The number of likely N-dealkylation sites (N-methyl/N-ethyl adjacent to an activating group) is 1. The predicted octanol–water partition coefficient (Wildman–Crippen LogP) is 1.94. The van der Waals surface area contributed by atoms with E-state index in [1.165, 1.54) is 0 Å². The molecule has 5 nitrogen and oxygen atoms in total. The zero-order valence-corrected chi connectivity index (χ0v) is 12.4. The molecule has 0 heterocycles. The van der Waals surface area contributed by atoms with Crippen molar-refractivity contribution in [1.29, 1.82) is 0 Å². The molecule has 0 aromatic heterocycles. The summed E-state index contributed by atoms with van der Waals surface area (Å²) in [5.41, 5.74) is 1.02. The van der Waals surface area contributed by atoms with Crippen molar-refractivity contribution in [2.75, 3.05) is 34.1 Å². The van der Waals surface area contributed by atoms with Gasteiger partial charge in [-0.15, -0.1) is 11.8 Å². The molecule has 19 heavy (non-hydrogen) atoms. The van der Waals surface area contributed by atoms with E-state index in [2.05, 4.69) is 0 Å². The topological polar surface area (TPSA) is 59.0 Å². The van der Waals surface area contributed by atoms with Crippen LogP contribution in [0.1, 0.15) is 5.56 Å². The molecule has 1 N–H and O–H groups in total. The molecule has 0 unspecified atom stereocenters. The molecule has 0 atom stereocenters. The molecule has 0 aliphatic carbocycles. The highest BCUT2D eigenvalue weighted by atomic mass is 32.2. The number of nitrogens with zero attached hydrogens (tertiary/aromatic N) is 1.